The normalized spacial score (nSPS) is 20.0. The zero-order chi connectivity index (χ0) is 15.7. The number of nitrogens with zero attached hydrogens (tertiary/aromatic N) is 1. The first-order valence-electron chi connectivity index (χ1n) is 8.66. The fraction of sp³-hybridized carbons (Fsp3) is 0.941. The molecule has 0 bridgehead atoms. The second-order valence-corrected chi connectivity index (χ2v) is 6.54. The maximum atomic E-state index is 12.3. The minimum atomic E-state index is -0.604. The Kier molecular flexibility index (Phi) is 8.27. The number of esters is 1. The third-order valence-electron chi connectivity index (χ3n) is 4.50. The summed E-state index contributed by atoms with van der Waals surface area (Å²) in [5, 5.41) is 3.40. The standard InChI is InChI=1S/C17H34N2O2/c1-5-13-18-17(3,16(20)21-6-2)14-19(4)15-11-9-7-8-10-12-15/h15,18H,5-14H2,1-4H3. The highest BCUT2D eigenvalue weighted by atomic mass is 16.5. The molecule has 4 heteroatoms. The fourth-order valence-electron chi connectivity index (χ4n) is 3.21. The second kappa shape index (κ2) is 9.42. The van der Waals surface area contributed by atoms with E-state index < -0.39 is 5.54 Å². The van der Waals surface area contributed by atoms with Gasteiger partial charge in [0.25, 0.3) is 0 Å². The number of hydrogen-bond donors (Lipinski definition) is 1. The SMILES string of the molecule is CCCNC(C)(CN(C)C1CCCCCC1)C(=O)OCC. The first-order chi connectivity index (χ1) is 10.0. The highest BCUT2D eigenvalue weighted by Gasteiger charge is 2.36. The lowest BCUT2D eigenvalue weighted by Crippen LogP contribution is -2.58. The summed E-state index contributed by atoms with van der Waals surface area (Å²) < 4.78 is 5.29. The summed E-state index contributed by atoms with van der Waals surface area (Å²) in [4.78, 5) is 14.7. The number of carbonyl (C=O) groups excluding carboxylic acids is 1. The first-order valence-corrected chi connectivity index (χ1v) is 8.66. The van der Waals surface area contributed by atoms with Crippen molar-refractivity contribution in [2.24, 2.45) is 0 Å². The topological polar surface area (TPSA) is 41.6 Å². The lowest BCUT2D eigenvalue weighted by molar-refractivity contribution is -0.151. The number of carbonyl (C=O) groups is 1. The maximum Gasteiger partial charge on any atom is 0.327 e. The molecular formula is C17H34N2O2. The van der Waals surface area contributed by atoms with Gasteiger partial charge in [0.15, 0.2) is 0 Å². The minimum Gasteiger partial charge on any atom is -0.465 e. The van der Waals surface area contributed by atoms with Gasteiger partial charge in [-0.1, -0.05) is 32.6 Å². The van der Waals surface area contributed by atoms with Crippen molar-refractivity contribution < 1.29 is 9.53 Å². The van der Waals surface area contributed by atoms with Crippen molar-refractivity contribution in [1.29, 1.82) is 0 Å². The predicted octanol–water partition coefficient (Wildman–Crippen LogP) is 2.96. The van der Waals surface area contributed by atoms with Gasteiger partial charge in [-0.15, -0.1) is 0 Å². The van der Waals surface area contributed by atoms with Crippen LogP contribution in [-0.2, 0) is 9.53 Å². The van der Waals surface area contributed by atoms with E-state index in [-0.39, 0.29) is 5.97 Å². The van der Waals surface area contributed by atoms with E-state index in [1.807, 2.05) is 13.8 Å². The molecule has 1 aliphatic rings. The largest absolute Gasteiger partial charge is 0.465 e. The summed E-state index contributed by atoms with van der Waals surface area (Å²) in [5.74, 6) is -0.126. The molecule has 1 N–H and O–H groups in total. The molecule has 1 aliphatic carbocycles. The summed E-state index contributed by atoms with van der Waals surface area (Å²) in [6.45, 7) is 7.97. The van der Waals surface area contributed by atoms with Gasteiger partial charge in [0, 0.05) is 12.6 Å². The number of nitrogens with one attached hydrogen (secondary N) is 1. The van der Waals surface area contributed by atoms with Crippen LogP contribution in [0.5, 0.6) is 0 Å². The first kappa shape index (κ1) is 18.4. The Labute approximate surface area is 130 Å². The van der Waals surface area contributed by atoms with Gasteiger partial charge in [-0.05, 0) is 46.7 Å². The molecule has 0 heterocycles. The van der Waals surface area contributed by atoms with E-state index in [9.17, 15) is 4.79 Å². The molecule has 21 heavy (non-hydrogen) atoms. The summed E-state index contributed by atoms with van der Waals surface area (Å²) in [5.41, 5.74) is -0.604. The highest BCUT2D eigenvalue weighted by Crippen LogP contribution is 2.22. The lowest BCUT2D eigenvalue weighted by Gasteiger charge is -2.36. The molecule has 1 unspecified atom stereocenters. The Morgan fingerprint density at radius 3 is 2.38 bits per heavy atom. The Bertz CT molecular complexity index is 301. The monoisotopic (exact) mass is 298 g/mol. The smallest absolute Gasteiger partial charge is 0.327 e. The van der Waals surface area contributed by atoms with E-state index >= 15 is 0 Å². The van der Waals surface area contributed by atoms with Gasteiger partial charge >= 0.3 is 5.97 Å². The minimum absolute atomic E-state index is 0.126. The van der Waals surface area contributed by atoms with Crippen LogP contribution in [0.4, 0.5) is 0 Å². The van der Waals surface area contributed by atoms with Crippen LogP contribution in [0, 0.1) is 0 Å². The third-order valence-corrected chi connectivity index (χ3v) is 4.50. The van der Waals surface area contributed by atoms with Crippen molar-refractivity contribution in [3.8, 4) is 0 Å². The molecule has 1 saturated carbocycles. The Hall–Kier alpha value is -0.610. The molecule has 0 spiro atoms. The van der Waals surface area contributed by atoms with Gasteiger partial charge in [0.1, 0.15) is 5.54 Å². The van der Waals surface area contributed by atoms with E-state index in [0.29, 0.717) is 12.6 Å². The van der Waals surface area contributed by atoms with Gasteiger partial charge in [0.05, 0.1) is 6.61 Å². The lowest BCUT2D eigenvalue weighted by atomic mass is 9.99. The Balaban J connectivity index is 2.66. The molecule has 1 atom stereocenters. The van der Waals surface area contributed by atoms with Crippen LogP contribution in [-0.4, -0.2) is 49.2 Å². The molecule has 0 amide bonds. The van der Waals surface area contributed by atoms with Crippen molar-refractivity contribution in [2.75, 3.05) is 26.7 Å². The summed E-state index contributed by atoms with van der Waals surface area (Å²) in [6.07, 6.45) is 8.86. The zero-order valence-electron chi connectivity index (χ0n) is 14.4. The van der Waals surface area contributed by atoms with E-state index in [2.05, 4.69) is 24.2 Å². The third kappa shape index (κ3) is 5.95. The molecule has 4 nitrogen and oxygen atoms in total. The van der Waals surface area contributed by atoms with Gasteiger partial charge in [0.2, 0.25) is 0 Å². The summed E-state index contributed by atoms with van der Waals surface area (Å²) >= 11 is 0. The van der Waals surface area contributed by atoms with Gasteiger partial charge in [-0.25, -0.2) is 0 Å². The van der Waals surface area contributed by atoms with E-state index in [1.54, 1.807) is 0 Å². The zero-order valence-corrected chi connectivity index (χ0v) is 14.4. The second-order valence-electron chi connectivity index (χ2n) is 6.54. The van der Waals surface area contributed by atoms with E-state index in [4.69, 9.17) is 4.74 Å². The van der Waals surface area contributed by atoms with Crippen molar-refractivity contribution in [3.05, 3.63) is 0 Å². The van der Waals surface area contributed by atoms with Crippen LogP contribution < -0.4 is 5.32 Å². The van der Waals surface area contributed by atoms with Crippen molar-refractivity contribution in [3.63, 3.8) is 0 Å². The molecule has 124 valence electrons. The van der Waals surface area contributed by atoms with Crippen LogP contribution in [0.25, 0.3) is 0 Å². The maximum absolute atomic E-state index is 12.3. The molecular weight excluding hydrogens is 264 g/mol. The average Bonchev–Trinajstić information content (AvgIpc) is 2.74. The average molecular weight is 298 g/mol. The number of likely N-dealkylation sites (N-methyl/N-ethyl adjacent to an activating group) is 1. The molecule has 0 aromatic heterocycles. The number of hydrogen-bond acceptors (Lipinski definition) is 4. The molecule has 0 aliphatic heterocycles. The van der Waals surface area contributed by atoms with Gasteiger partial charge in [-0.3, -0.25) is 4.79 Å². The number of rotatable bonds is 8. The van der Waals surface area contributed by atoms with E-state index in [0.717, 1.165) is 19.5 Å². The van der Waals surface area contributed by atoms with Crippen LogP contribution in [0.2, 0.25) is 0 Å². The fourth-order valence-corrected chi connectivity index (χ4v) is 3.21. The van der Waals surface area contributed by atoms with Crippen LogP contribution >= 0.6 is 0 Å². The summed E-state index contributed by atoms with van der Waals surface area (Å²) in [7, 11) is 2.15. The quantitative estimate of drug-likeness (QED) is 0.552. The Morgan fingerprint density at radius 2 is 1.86 bits per heavy atom. The van der Waals surface area contributed by atoms with E-state index in [1.165, 1.54) is 38.5 Å². The highest BCUT2D eigenvalue weighted by molar-refractivity contribution is 5.80. The van der Waals surface area contributed by atoms with Gasteiger partial charge in [-0.2, -0.15) is 0 Å². The van der Waals surface area contributed by atoms with Crippen LogP contribution in [0.15, 0.2) is 0 Å². The van der Waals surface area contributed by atoms with Crippen molar-refractivity contribution >= 4 is 5.97 Å². The van der Waals surface area contributed by atoms with Crippen LogP contribution in [0.3, 0.4) is 0 Å². The molecule has 1 rings (SSSR count). The molecule has 0 aromatic carbocycles. The molecule has 1 fully saturated rings. The summed E-state index contributed by atoms with van der Waals surface area (Å²) in [6, 6.07) is 0.602. The molecule has 0 aromatic rings. The van der Waals surface area contributed by atoms with Gasteiger partial charge < -0.3 is 15.0 Å². The predicted molar refractivity (Wildman–Crippen MR) is 87.5 cm³/mol. The molecule has 0 saturated heterocycles. The Morgan fingerprint density at radius 1 is 1.24 bits per heavy atom. The van der Waals surface area contributed by atoms with Crippen molar-refractivity contribution in [1.82, 2.24) is 10.2 Å². The number of ether oxygens (including phenoxy) is 1. The molecule has 0 radical (unpaired) electrons. The van der Waals surface area contributed by atoms with Crippen LogP contribution in [0.1, 0.15) is 65.7 Å². The van der Waals surface area contributed by atoms with Crippen molar-refractivity contribution in [2.45, 2.75) is 77.3 Å².